The van der Waals surface area contributed by atoms with Gasteiger partial charge in [-0.1, -0.05) is 18.2 Å². The molecule has 28 heavy (non-hydrogen) atoms. The Bertz CT molecular complexity index is 1180. The van der Waals surface area contributed by atoms with Crippen LogP contribution in [0.25, 0.3) is 5.65 Å². The van der Waals surface area contributed by atoms with Crippen LogP contribution in [0.5, 0.6) is 11.6 Å². The first-order valence-electron chi connectivity index (χ1n) is 8.98. The maximum Gasteiger partial charge on any atom is 0.276 e. The number of rotatable bonds is 4. The van der Waals surface area contributed by atoms with Crippen molar-refractivity contribution in [3.63, 3.8) is 0 Å². The minimum Gasteiger partial charge on any atom is -0.437 e. The van der Waals surface area contributed by atoms with Crippen LogP contribution in [0.4, 0.5) is 5.69 Å². The number of amides is 1. The Morgan fingerprint density at radius 1 is 1.04 bits per heavy atom. The molecule has 0 bridgehead atoms. The second kappa shape index (κ2) is 7.15. The molecule has 140 valence electrons. The molecule has 0 unspecified atom stereocenters. The van der Waals surface area contributed by atoms with Crippen LogP contribution in [0.1, 0.15) is 27.3 Å². The lowest BCUT2D eigenvalue weighted by atomic mass is 10.1. The van der Waals surface area contributed by atoms with E-state index in [-0.39, 0.29) is 5.91 Å². The van der Waals surface area contributed by atoms with Crippen LogP contribution in [0.15, 0.2) is 60.9 Å². The van der Waals surface area contributed by atoms with Gasteiger partial charge in [0.2, 0.25) is 5.88 Å². The minimum absolute atomic E-state index is 0.318. The van der Waals surface area contributed by atoms with Crippen molar-refractivity contribution in [1.82, 2.24) is 14.4 Å². The Kier molecular flexibility index (Phi) is 4.53. The standard InChI is InChI=1S/C22H20N4O2/c1-14-7-4-10-19(16(14)3)28-22-17(9-6-12-23-22)25-21(27)18-13-26-15(2)8-5-11-20(26)24-18/h4-13H,1-3H3,(H,25,27). The molecule has 0 saturated carbocycles. The van der Waals surface area contributed by atoms with Crippen molar-refractivity contribution in [2.45, 2.75) is 20.8 Å². The predicted octanol–water partition coefficient (Wildman–Crippen LogP) is 4.70. The average molecular weight is 372 g/mol. The molecule has 3 aromatic heterocycles. The highest BCUT2D eigenvalue weighted by Crippen LogP contribution is 2.30. The molecule has 4 aromatic rings. The number of hydrogen-bond donors (Lipinski definition) is 1. The number of benzene rings is 1. The van der Waals surface area contributed by atoms with Crippen molar-refractivity contribution in [2.24, 2.45) is 0 Å². The fraction of sp³-hybridized carbons (Fsp3) is 0.136. The molecule has 4 rings (SSSR count). The van der Waals surface area contributed by atoms with Gasteiger partial charge in [0.25, 0.3) is 5.91 Å². The van der Waals surface area contributed by atoms with Gasteiger partial charge in [-0.25, -0.2) is 9.97 Å². The molecule has 0 radical (unpaired) electrons. The topological polar surface area (TPSA) is 68.5 Å². The fourth-order valence-electron chi connectivity index (χ4n) is 2.95. The maximum atomic E-state index is 12.8. The van der Waals surface area contributed by atoms with E-state index in [0.717, 1.165) is 22.5 Å². The molecule has 1 aromatic carbocycles. The lowest BCUT2D eigenvalue weighted by molar-refractivity contribution is 0.102. The molecule has 0 atom stereocenters. The first kappa shape index (κ1) is 17.7. The highest BCUT2D eigenvalue weighted by atomic mass is 16.5. The van der Waals surface area contributed by atoms with Gasteiger partial charge in [-0.2, -0.15) is 0 Å². The zero-order valence-electron chi connectivity index (χ0n) is 15.9. The second-order valence-electron chi connectivity index (χ2n) is 6.63. The smallest absolute Gasteiger partial charge is 0.276 e. The summed E-state index contributed by atoms with van der Waals surface area (Å²) in [4.78, 5) is 21.4. The fourth-order valence-corrected chi connectivity index (χ4v) is 2.95. The minimum atomic E-state index is -0.318. The van der Waals surface area contributed by atoms with E-state index in [4.69, 9.17) is 4.74 Å². The molecule has 3 heterocycles. The van der Waals surface area contributed by atoms with E-state index in [2.05, 4.69) is 15.3 Å². The highest BCUT2D eigenvalue weighted by molar-refractivity contribution is 6.03. The van der Waals surface area contributed by atoms with Crippen molar-refractivity contribution in [1.29, 1.82) is 0 Å². The zero-order chi connectivity index (χ0) is 19.7. The van der Waals surface area contributed by atoms with Crippen LogP contribution < -0.4 is 10.1 Å². The molecule has 0 fully saturated rings. The van der Waals surface area contributed by atoms with Gasteiger partial charge in [-0.3, -0.25) is 4.79 Å². The van der Waals surface area contributed by atoms with Gasteiger partial charge < -0.3 is 14.5 Å². The number of carbonyl (C=O) groups excluding carboxylic acids is 1. The Morgan fingerprint density at radius 3 is 2.68 bits per heavy atom. The van der Waals surface area contributed by atoms with Gasteiger partial charge in [0, 0.05) is 18.1 Å². The molecule has 6 heteroatoms. The van der Waals surface area contributed by atoms with Crippen LogP contribution in [0.2, 0.25) is 0 Å². The molecule has 0 spiro atoms. The van der Waals surface area contributed by atoms with Crippen molar-refractivity contribution in [3.05, 3.63) is 83.4 Å². The van der Waals surface area contributed by atoms with Gasteiger partial charge in [-0.15, -0.1) is 0 Å². The number of fused-ring (bicyclic) bond motifs is 1. The number of aryl methyl sites for hydroxylation is 2. The summed E-state index contributed by atoms with van der Waals surface area (Å²) in [5.41, 5.74) is 4.70. The number of anilines is 1. The number of nitrogens with one attached hydrogen (secondary N) is 1. The van der Waals surface area contributed by atoms with Crippen molar-refractivity contribution < 1.29 is 9.53 Å². The number of nitrogens with zero attached hydrogens (tertiary/aromatic N) is 3. The third-order valence-electron chi connectivity index (χ3n) is 4.71. The van der Waals surface area contributed by atoms with E-state index in [9.17, 15) is 4.79 Å². The van der Waals surface area contributed by atoms with E-state index in [1.807, 2.05) is 61.6 Å². The number of imidazole rings is 1. The summed E-state index contributed by atoms with van der Waals surface area (Å²) in [6.07, 6.45) is 3.35. The Hall–Kier alpha value is -3.67. The summed E-state index contributed by atoms with van der Waals surface area (Å²) in [5, 5.41) is 2.86. The number of ether oxygens (including phenoxy) is 1. The molecule has 0 aliphatic carbocycles. The number of aromatic nitrogens is 3. The Labute approximate surface area is 162 Å². The SMILES string of the molecule is Cc1cccc(Oc2ncccc2NC(=O)c2cn3c(C)cccc3n2)c1C. The third kappa shape index (κ3) is 3.32. The summed E-state index contributed by atoms with van der Waals surface area (Å²) < 4.78 is 7.87. The Morgan fingerprint density at radius 2 is 1.86 bits per heavy atom. The highest BCUT2D eigenvalue weighted by Gasteiger charge is 2.15. The van der Waals surface area contributed by atoms with Crippen LogP contribution >= 0.6 is 0 Å². The summed E-state index contributed by atoms with van der Waals surface area (Å²) in [5.74, 6) is 0.726. The molecule has 6 nitrogen and oxygen atoms in total. The quantitative estimate of drug-likeness (QED) is 0.564. The zero-order valence-corrected chi connectivity index (χ0v) is 15.9. The summed E-state index contributed by atoms with van der Waals surface area (Å²) in [6, 6.07) is 15.1. The van der Waals surface area contributed by atoms with Crippen LogP contribution in [0, 0.1) is 20.8 Å². The van der Waals surface area contributed by atoms with E-state index in [1.54, 1.807) is 24.5 Å². The van der Waals surface area contributed by atoms with Gasteiger partial charge in [0.1, 0.15) is 22.8 Å². The van der Waals surface area contributed by atoms with Gasteiger partial charge >= 0.3 is 0 Å². The number of hydrogen-bond acceptors (Lipinski definition) is 4. The monoisotopic (exact) mass is 372 g/mol. The lowest BCUT2D eigenvalue weighted by Crippen LogP contribution is -2.13. The molecule has 1 N–H and O–H groups in total. The van der Waals surface area contributed by atoms with Gasteiger partial charge in [0.15, 0.2) is 0 Å². The normalized spacial score (nSPS) is 10.8. The van der Waals surface area contributed by atoms with Gasteiger partial charge in [0.05, 0.1) is 0 Å². The molecule has 0 aliphatic heterocycles. The summed E-state index contributed by atoms with van der Waals surface area (Å²) >= 11 is 0. The van der Waals surface area contributed by atoms with Crippen LogP contribution in [0.3, 0.4) is 0 Å². The molecular formula is C22H20N4O2. The Balaban J connectivity index is 1.62. The van der Waals surface area contributed by atoms with Crippen molar-refractivity contribution >= 4 is 17.2 Å². The van der Waals surface area contributed by atoms with E-state index < -0.39 is 0 Å². The van der Waals surface area contributed by atoms with Crippen molar-refractivity contribution in [2.75, 3.05) is 5.32 Å². The third-order valence-corrected chi connectivity index (χ3v) is 4.71. The molecule has 0 saturated heterocycles. The number of pyridine rings is 2. The molecule has 1 amide bonds. The number of carbonyl (C=O) groups is 1. The van der Waals surface area contributed by atoms with E-state index in [1.165, 1.54) is 0 Å². The largest absolute Gasteiger partial charge is 0.437 e. The van der Waals surface area contributed by atoms with Crippen LogP contribution in [-0.2, 0) is 0 Å². The first-order chi connectivity index (χ1) is 13.5. The van der Waals surface area contributed by atoms with Gasteiger partial charge in [-0.05, 0) is 62.2 Å². The van der Waals surface area contributed by atoms with Crippen molar-refractivity contribution in [3.8, 4) is 11.6 Å². The second-order valence-corrected chi connectivity index (χ2v) is 6.63. The van der Waals surface area contributed by atoms with E-state index >= 15 is 0 Å². The molecular weight excluding hydrogens is 352 g/mol. The molecule has 0 aliphatic rings. The maximum absolute atomic E-state index is 12.8. The first-order valence-corrected chi connectivity index (χ1v) is 8.98. The summed E-state index contributed by atoms with van der Waals surface area (Å²) in [6.45, 7) is 5.98. The lowest BCUT2D eigenvalue weighted by Gasteiger charge is -2.13. The predicted molar refractivity (Wildman–Crippen MR) is 108 cm³/mol. The van der Waals surface area contributed by atoms with Crippen LogP contribution in [-0.4, -0.2) is 20.3 Å². The van der Waals surface area contributed by atoms with E-state index in [0.29, 0.717) is 23.0 Å². The average Bonchev–Trinajstić information content (AvgIpc) is 3.13. The summed E-state index contributed by atoms with van der Waals surface area (Å²) in [7, 11) is 0.